The molecule has 25 heavy (non-hydrogen) atoms. The van der Waals surface area contributed by atoms with Crippen LogP contribution in [0.5, 0.6) is 0 Å². The summed E-state index contributed by atoms with van der Waals surface area (Å²) in [4.78, 5) is 19.0. The Morgan fingerprint density at radius 2 is 2.08 bits per heavy atom. The van der Waals surface area contributed by atoms with Crippen LogP contribution in [0.15, 0.2) is 58.9 Å². The number of nitrogens with zero attached hydrogens (tertiary/aromatic N) is 2. The van der Waals surface area contributed by atoms with E-state index in [0.29, 0.717) is 13.0 Å². The van der Waals surface area contributed by atoms with E-state index < -0.39 is 0 Å². The SMILES string of the molecule is Cn1cc(-c2cccs2)nc1CCNC(=O)CCSc1ccccc1. The molecule has 3 rings (SSSR count). The Morgan fingerprint density at radius 1 is 1.24 bits per heavy atom. The number of aromatic nitrogens is 2. The lowest BCUT2D eigenvalue weighted by Crippen LogP contribution is -2.26. The van der Waals surface area contributed by atoms with Crippen molar-refractivity contribution in [2.75, 3.05) is 12.3 Å². The standard InChI is InChI=1S/C19H21N3OS2/c1-22-14-16(17-8-5-12-25-17)21-18(22)9-11-20-19(23)10-13-24-15-6-3-2-4-7-15/h2-8,12,14H,9-11,13H2,1H3,(H,20,23). The van der Waals surface area contributed by atoms with Gasteiger partial charge in [-0.25, -0.2) is 4.98 Å². The van der Waals surface area contributed by atoms with Crippen LogP contribution in [0.2, 0.25) is 0 Å². The maximum Gasteiger partial charge on any atom is 0.220 e. The zero-order valence-corrected chi connectivity index (χ0v) is 15.8. The second-order valence-corrected chi connectivity index (χ2v) is 7.76. The molecule has 0 spiro atoms. The summed E-state index contributed by atoms with van der Waals surface area (Å²) < 4.78 is 2.03. The van der Waals surface area contributed by atoms with Gasteiger partial charge < -0.3 is 9.88 Å². The lowest BCUT2D eigenvalue weighted by molar-refractivity contribution is -0.120. The molecule has 1 amide bonds. The summed E-state index contributed by atoms with van der Waals surface area (Å²) in [6.45, 7) is 0.615. The van der Waals surface area contributed by atoms with Gasteiger partial charge in [-0.05, 0) is 23.6 Å². The molecule has 2 aromatic heterocycles. The predicted molar refractivity (Wildman–Crippen MR) is 105 cm³/mol. The van der Waals surface area contributed by atoms with Gasteiger partial charge in [-0.2, -0.15) is 0 Å². The highest BCUT2D eigenvalue weighted by molar-refractivity contribution is 7.99. The summed E-state index contributed by atoms with van der Waals surface area (Å²) >= 11 is 3.39. The number of thiophene rings is 1. The molecule has 0 unspecified atom stereocenters. The van der Waals surface area contributed by atoms with Gasteiger partial charge in [-0.1, -0.05) is 24.3 Å². The molecule has 130 valence electrons. The van der Waals surface area contributed by atoms with Gasteiger partial charge in [0.2, 0.25) is 5.91 Å². The minimum atomic E-state index is 0.0936. The van der Waals surface area contributed by atoms with Crippen molar-refractivity contribution in [1.82, 2.24) is 14.9 Å². The fourth-order valence-electron chi connectivity index (χ4n) is 2.46. The highest BCUT2D eigenvalue weighted by Crippen LogP contribution is 2.23. The first-order chi connectivity index (χ1) is 12.2. The Bertz CT molecular complexity index is 797. The fraction of sp³-hybridized carbons (Fsp3) is 0.263. The highest BCUT2D eigenvalue weighted by Gasteiger charge is 2.09. The van der Waals surface area contributed by atoms with E-state index in [9.17, 15) is 4.79 Å². The van der Waals surface area contributed by atoms with E-state index in [1.165, 1.54) is 9.77 Å². The molecular weight excluding hydrogens is 350 g/mol. The number of hydrogen-bond donors (Lipinski definition) is 1. The Labute approximate surface area is 156 Å². The smallest absolute Gasteiger partial charge is 0.220 e. The van der Waals surface area contributed by atoms with Gasteiger partial charge in [0, 0.05) is 43.3 Å². The van der Waals surface area contributed by atoms with Gasteiger partial charge in [0.15, 0.2) is 0 Å². The van der Waals surface area contributed by atoms with Crippen LogP contribution in [0.25, 0.3) is 10.6 Å². The van der Waals surface area contributed by atoms with Crippen molar-refractivity contribution < 1.29 is 4.79 Å². The van der Waals surface area contributed by atoms with E-state index in [1.54, 1.807) is 23.1 Å². The van der Waals surface area contributed by atoms with Gasteiger partial charge in [-0.15, -0.1) is 23.1 Å². The largest absolute Gasteiger partial charge is 0.356 e. The Kier molecular flexibility index (Phi) is 6.30. The summed E-state index contributed by atoms with van der Waals surface area (Å²) in [6.07, 6.45) is 3.31. The van der Waals surface area contributed by atoms with Gasteiger partial charge >= 0.3 is 0 Å². The van der Waals surface area contributed by atoms with Crippen molar-refractivity contribution in [3.05, 3.63) is 59.9 Å². The van der Waals surface area contributed by atoms with Crippen molar-refractivity contribution in [2.24, 2.45) is 7.05 Å². The minimum Gasteiger partial charge on any atom is -0.356 e. The Hall–Kier alpha value is -2.05. The molecule has 0 aliphatic carbocycles. The van der Waals surface area contributed by atoms with Crippen LogP contribution in [-0.2, 0) is 18.3 Å². The van der Waals surface area contributed by atoms with Crippen LogP contribution < -0.4 is 5.32 Å². The van der Waals surface area contributed by atoms with E-state index in [4.69, 9.17) is 0 Å². The van der Waals surface area contributed by atoms with Gasteiger partial charge in [0.1, 0.15) is 5.82 Å². The first-order valence-electron chi connectivity index (χ1n) is 8.23. The molecule has 0 saturated heterocycles. The first kappa shape index (κ1) is 17.8. The molecule has 6 heteroatoms. The van der Waals surface area contributed by atoms with Crippen LogP contribution in [0.1, 0.15) is 12.2 Å². The average Bonchev–Trinajstić information content (AvgIpc) is 3.26. The van der Waals surface area contributed by atoms with Crippen LogP contribution in [0, 0.1) is 0 Å². The van der Waals surface area contributed by atoms with Crippen molar-refractivity contribution in [3.63, 3.8) is 0 Å². The number of aryl methyl sites for hydroxylation is 1. The third-order valence-corrected chi connectivity index (χ3v) is 5.66. The number of amides is 1. The second-order valence-electron chi connectivity index (χ2n) is 5.64. The zero-order valence-electron chi connectivity index (χ0n) is 14.1. The number of carbonyl (C=O) groups is 1. The van der Waals surface area contributed by atoms with E-state index in [1.807, 2.05) is 42.1 Å². The molecule has 3 aromatic rings. The third-order valence-electron chi connectivity index (χ3n) is 3.76. The van der Waals surface area contributed by atoms with E-state index >= 15 is 0 Å². The molecule has 0 fully saturated rings. The van der Waals surface area contributed by atoms with E-state index in [2.05, 4.69) is 33.9 Å². The maximum atomic E-state index is 12.0. The lowest BCUT2D eigenvalue weighted by atomic mass is 10.3. The summed E-state index contributed by atoms with van der Waals surface area (Å²) in [7, 11) is 2.00. The fourth-order valence-corrected chi connectivity index (χ4v) is 4.01. The molecular formula is C19H21N3OS2. The lowest BCUT2D eigenvalue weighted by Gasteiger charge is -2.05. The summed E-state index contributed by atoms with van der Waals surface area (Å²) in [5.74, 6) is 1.87. The minimum absolute atomic E-state index is 0.0936. The predicted octanol–water partition coefficient (Wildman–Crippen LogP) is 3.99. The maximum absolute atomic E-state index is 12.0. The van der Waals surface area contributed by atoms with E-state index in [-0.39, 0.29) is 5.91 Å². The molecule has 0 aliphatic rings. The Morgan fingerprint density at radius 3 is 2.84 bits per heavy atom. The number of benzene rings is 1. The molecule has 1 aromatic carbocycles. The normalized spacial score (nSPS) is 10.8. The number of imidazole rings is 1. The molecule has 1 N–H and O–H groups in total. The zero-order chi connectivity index (χ0) is 17.5. The number of rotatable bonds is 8. The van der Waals surface area contributed by atoms with E-state index in [0.717, 1.165) is 23.7 Å². The molecule has 0 saturated carbocycles. The molecule has 0 radical (unpaired) electrons. The van der Waals surface area contributed by atoms with Crippen LogP contribution in [-0.4, -0.2) is 27.8 Å². The van der Waals surface area contributed by atoms with Gasteiger partial charge in [0.25, 0.3) is 0 Å². The van der Waals surface area contributed by atoms with Crippen molar-refractivity contribution in [2.45, 2.75) is 17.7 Å². The first-order valence-corrected chi connectivity index (χ1v) is 10.1. The molecule has 2 heterocycles. The number of carbonyl (C=O) groups excluding carboxylic acids is 1. The average molecular weight is 372 g/mol. The molecule has 4 nitrogen and oxygen atoms in total. The van der Waals surface area contributed by atoms with Crippen LogP contribution >= 0.6 is 23.1 Å². The van der Waals surface area contributed by atoms with Crippen molar-refractivity contribution in [1.29, 1.82) is 0 Å². The number of thioether (sulfide) groups is 1. The van der Waals surface area contributed by atoms with Crippen molar-refractivity contribution >= 4 is 29.0 Å². The molecule has 0 aliphatic heterocycles. The highest BCUT2D eigenvalue weighted by atomic mass is 32.2. The number of nitrogens with one attached hydrogen (secondary N) is 1. The summed E-state index contributed by atoms with van der Waals surface area (Å²) in [6, 6.07) is 14.3. The van der Waals surface area contributed by atoms with Crippen LogP contribution in [0.4, 0.5) is 0 Å². The van der Waals surface area contributed by atoms with Crippen LogP contribution in [0.3, 0.4) is 0 Å². The summed E-state index contributed by atoms with van der Waals surface area (Å²) in [5, 5.41) is 5.04. The second kappa shape index (κ2) is 8.87. The van der Waals surface area contributed by atoms with Gasteiger partial charge in [-0.3, -0.25) is 4.79 Å². The van der Waals surface area contributed by atoms with Crippen molar-refractivity contribution in [3.8, 4) is 10.6 Å². The summed E-state index contributed by atoms with van der Waals surface area (Å²) in [5.41, 5.74) is 0.998. The van der Waals surface area contributed by atoms with Gasteiger partial charge in [0.05, 0.1) is 10.6 Å². The number of hydrogen-bond acceptors (Lipinski definition) is 4. The Balaban J connectivity index is 1.40. The molecule has 0 bridgehead atoms. The quantitative estimate of drug-likeness (QED) is 0.609. The monoisotopic (exact) mass is 371 g/mol. The third kappa shape index (κ3) is 5.21. The topological polar surface area (TPSA) is 46.9 Å². The molecule has 0 atom stereocenters.